The summed E-state index contributed by atoms with van der Waals surface area (Å²) in [7, 11) is 0. The van der Waals surface area contributed by atoms with Crippen molar-refractivity contribution >= 4 is 17.6 Å². The van der Waals surface area contributed by atoms with Crippen LogP contribution in [0.2, 0.25) is 0 Å². The Morgan fingerprint density at radius 1 is 1.05 bits per heavy atom. The van der Waals surface area contributed by atoms with Crippen molar-refractivity contribution in [3.63, 3.8) is 0 Å². The second-order valence-electron chi connectivity index (χ2n) is 8.44. The number of hydrogen-bond donors (Lipinski definition) is 2. The number of esters is 1. The molecule has 1 saturated heterocycles. The first-order valence-electron chi connectivity index (χ1n) is 11.9. The third kappa shape index (κ3) is 6.66. The summed E-state index contributed by atoms with van der Waals surface area (Å²) in [6.07, 6.45) is 5.29. The monoisotopic (exact) mass is 498 g/mol. The van der Waals surface area contributed by atoms with Crippen molar-refractivity contribution in [1.82, 2.24) is 35.2 Å². The van der Waals surface area contributed by atoms with Gasteiger partial charge in [-0.05, 0) is 42.8 Å². The molecular weight excluding hydrogens is 472 g/mol. The lowest BCUT2D eigenvalue weighted by atomic mass is 10.2. The van der Waals surface area contributed by atoms with Gasteiger partial charge < -0.3 is 20.1 Å². The SMILES string of the molecule is Cc1cccc(-c2nccc(Nc3ccnc(Cc4ccc(C(=O)OC[C@H]5CNCCO5)nc4)n3)n2)n1. The third-order valence-corrected chi connectivity index (χ3v) is 5.54. The predicted octanol–water partition coefficient (Wildman–Crippen LogP) is 2.51. The summed E-state index contributed by atoms with van der Waals surface area (Å²) in [5, 5.41) is 6.40. The van der Waals surface area contributed by atoms with Crippen molar-refractivity contribution in [1.29, 1.82) is 0 Å². The number of carbonyl (C=O) groups excluding carboxylic acids is 1. The van der Waals surface area contributed by atoms with Gasteiger partial charge in [0.15, 0.2) is 5.82 Å². The van der Waals surface area contributed by atoms with Crippen LogP contribution in [0.4, 0.5) is 11.6 Å². The summed E-state index contributed by atoms with van der Waals surface area (Å²) in [5.74, 6) is 1.83. The zero-order valence-corrected chi connectivity index (χ0v) is 20.3. The largest absolute Gasteiger partial charge is 0.458 e. The number of nitrogens with one attached hydrogen (secondary N) is 2. The van der Waals surface area contributed by atoms with Crippen LogP contribution in [0.25, 0.3) is 11.5 Å². The molecule has 0 radical (unpaired) electrons. The maximum absolute atomic E-state index is 12.3. The number of hydrogen-bond acceptors (Lipinski definition) is 11. The van der Waals surface area contributed by atoms with E-state index < -0.39 is 5.97 Å². The Morgan fingerprint density at radius 3 is 2.70 bits per heavy atom. The van der Waals surface area contributed by atoms with Crippen molar-refractivity contribution in [3.8, 4) is 11.5 Å². The molecule has 4 aromatic heterocycles. The van der Waals surface area contributed by atoms with Gasteiger partial charge in [0, 0.05) is 43.8 Å². The van der Waals surface area contributed by atoms with Crippen LogP contribution in [-0.2, 0) is 15.9 Å². The van der Waals surface area contributed by atoms with E-state index in [9.17, 15) is 4.79 Å². The smallest absolute Gasteiger partial charge is 0.357 e. The van der Waals surface area contributed by atoms with Crippen molar-refractivity contribution in [2.24, 2.45) is 0 Å². The number of carbonyl (C=O) groups is 1. The molecule has 0 unspecified atom stereocenters. The molecule has 0 bridgehead atoms. The summed E-state index contributed by atoms with van der Waals surface area (Å²) in [6.45, 7) is 4.20. The number of ether oxygens (including phenoxy) is 2. The van der Waals surface area contributed by atoms with Crippen LogP contribution >= 0.6 is 0 Å². The van der Waals surface area contributed by atoms with Crippen LogP contribution in [0.1, 0.15) is 27.6 Å². The Labute approximate surface area is 213 Å². The quantitative estimate of drug-likeness (QED) is 0.347. The predicted molar refractivity (Wildman–Crippen MR) is 135 cm³/mol. The fraction of sp³-hybridized carbons (Fsp3) is 0.269. The van der Waals surface area contributed by atoms with E-state index in [-0.39, 0.29) is 18.4 Å². The molecule has 11 heteroatoms. The highest BCUT2D eigenvalue weighted by atomic mass is 16.6. The normalized spacial score (nSPS) is 15.2. The molecule has 0 aliphatic carbocycles. The minimum Gasteiger partial charge on any atom is -0.458 e. The van der Waals surface area contributed by atoms with E-state index >= 15 is 0 Å². The van der Waals surface area contributed by atoms with Gasteiger partial charge in [0.2, 0.25) is 0 Å². The zero-order chi connectivity index (χ0) is 25.5. The van der Waals surface area contributed by atoms with Gasteiger partial charge >= 0.3 is 5.97 Å². The lowest BCUT2D eigenvalue weighted by molar-refractivity contribution is -0.0216. The Kier molecular flexibility index (Phi) is 7.63. The summed E-state index contributed by atoms with van der Waals surface area (Å²) >= 11 is 0. The number of anilines is 2. The van der Waals surface area contributed by atoms with Crippen molar-refractivity contribution in [3.05, 3.63) is 83.8 Å². The zero-order valence-electron chi connectivity index (χ0n) is 20.3. The summed E-state index contributed by atoms with van der Waals surface area (Å²) in [4.78, 5) is 38.8. The van der Waals surface area contributed by atoms with Crippen LogP contribution in [0, 0.1) is 6.92 Å². The first-order chi connectivity index (χ1) is 18.1. The van der Waals surface area contributed by atoms with Crippen LogP contribution in [0.3, 0.4) is 0 Å². The molecule has 1 fully saturated rings. The molecule has 1 aliphatic rings. The average molecular weight is 499 g/mol. The van der Waals surface area contributed by atoms with Gasteiger partial charge in [-0.3, -0.25) is 0 Å². The van der Waals surface area contributed by atoms with Crippen LogP contribution in [0.15, 0.2) is 61.1 Å². The molecule has 4 aromatic rings. The topological polar surface area (TPSA) is 137 Å². The molecule has 1 aliphatic heterocycles. The van der Waals surface area contributed by atoms with Crippen LogP contribution in [-0.4, -0.2) is 68.3 Å². The van der Waals surface area contributed by atoms with E-state index in [1.165, 1.54) is 0 Å². The fourth-order valence-electron chi connectivity index (χ4n) is 3.71. The maximum Gasteiger partial charge on any atom is 0.357 e. The van der Waals surface area contributed by atoms with E-state index in [0.717, 1.165) is 17.8 Å². The van der Waals surface area contributed by atoms with Gasteiger partial charge in [-0.1, -0.05) is 12.1 Å². The second kappa shape index (κ2) is 11.6. The van der Waals surface area contributed by atoms with Gasteiger partial charge in [0.25, 0.3) is 0 Å². The number of aromatic nitrogens is 6. The second-order valence-corrected chi connectivity index (χ2v) is 8.44. The number of rotatable bonds is 8. The van der Waals surface area contributed by atoms with Crippen LogP contribution < -0.4 is 10.6 Å². The molecular formula is C26H26N8O3. The maximum atomic E-state index is 12.3. The minimum absolute atomic E-state index is 0.136. The Bertz CT molecular complexity index is 1360. The summed E-state index contributed by atoms with van der Waals surface area (Å²) in [5.41, 5.74) is 2.70. The number of aryl methyl sites for hydroxylation is 1. The van der Waals surface area contributed by atoms with E-state index in [2.05, 4.69) is 40.5 Å². The van der Waals surface area contributed by atoms with E-state index in [4.69, 9.17) is 9.47 Å². The van der Waals surface area contributed by atoms with Gasteiger partial charge in [-0.25, -0.2) is 34.7 Å². The van der Waals surface area contributed by atoms with E-state index in [1.807, 2.05) is 31.2 Å². The fourth-order valence-corrected chi connectivity index (χ4v) is 3.71. The molecule has 5 rings (SSSR count). The Balaban J connectivity index is 1.20. The number of nitrogens with zero attached hydrogens (tertiary/aromatic N) is 6. The molecule has 11 nitrogen and oxygen atoms in total. The molecule has 37 heavy (non-hydrogen) atoms. The molecule has 1 atom stereocenters. The lowest BCUT2D eigenvalue weighted by Gasteiger charge is -2.23. The first-order valence-corrected chi connectivity index (χ1v) is 11.9. The highest BCUT2D eigenvalue weighted by Crippen LogP contribution is 2.17. The minimum atomic E-state index is -0.478. The lowest BCUT2D eigenvalue weighted by Crippen LogP contribution is -2.41. The molecule has 0 spiro atoms. The number of pyridine rings is 2. The molecule has 0 amide bonds. The molecule has 188 valence electrons. The highest BCUT2D eigenvalue weighted by Gasteiger charge is 2.17. The Morgan fingerprint density at radius 2 is 1.92 bits per heavy atom. The van der Waals surface area contributed by atoms with Crippen LogP contribution in [0.5, 0.6) is 0 Å². The highest BCUT2D eigenvalue weighted by molar-refractivity contribution is 5.87. The van der Waals surface area contributed by atoms with Gasteiger partial charge in [-0.15, -0.1) is 0 Å². The van der Waals surface area contributed by atoms with Gasteiger partial charge in [0.05, 0.1) is 6.61 Å². The summed E-state index contributed by atoms with van der Waals surface area (Å²) < 4.78 is 10.9. The number of morpholine rings is 1. The molecule has 2 N–H and O–H groups in total. The van der Waals surface area contributed by atoms with E-state index in [0.29, 0.717) is 48.6 Å². The van der Waals surface area contributed by atoms with Crippen molar-refractivity contribution in [2.75, 3.05) is 31.6 Å². The molecule has 5 heterocycles. The standard InChI is InChI=1S/C26H26N8O3/c1-17-3-2-4-20(31-17)25-29-10-8-23(34-25)32-22-7-9-28-24(33-22)13-18-5-6-21(30-14-18)26(35)37-16-19-15-27-11-12-36-19/h2-10,14,19,27H,11-13,15-16H2,1H3,(H,28,29,32,33,34)/t19-/m1/s1. The average Bonchev–Trinajstić information content (AvgIpc) is 2.93. The molecule has 0 aromatic carbocycles. The van der Waals surface area contributed by atoms with Gasteiger partial charge in [0.1, 0.15) is 41.6 Å². The Hall–Kier alpha value is -4.35. The molecule has 0 saturated carbocycles. The summed E-state index contributed by atoms with van der Waals surface area (Å²) in [6, 6.07) is 12.7. The van der Waals surface area contributed by atoms with Crippen molar-refractivity contribution < 1.29 is 14.3 Å². The van der Waals surface area contributed by atoms with E-state index in [1.54, 1.807) is 36.8 Å². The van der Waals surface area contributed by atoms with Gasteiger partial charge in [-0.2, -0.15) is 0 Å². The first kappa shape index (κ1) is 24.3. The van der Waals surface area contributed by atoms with Crippen molar-refractivity contribution in [2.45, 2.75) is 19.4 Å². The third-order valence-electron chi connectivity index (χ3n) is 5.54.